The predicted octanol–water partition coefficient (Wildman–Crippen LogP) is 1.78. The average Bonchev–Trinajstić information content (AvgIpc) is 2.28. The fourth-order valence-electron chi connectivity index (χ4n) is 2.62. The molecule has 1 saturated heterocycles. The summed E-state index contributed by atoms with van der Waals surface area (Å²) in [5.74, 6) is 1.75. The highest BCUT2D eigenvalue weighted by molar-refractivity contribution is 4.88. The summed E-state index contributed by atoms with van der Waals surface area (Å²) in [5, 5.41) is 9.49. The van der Waals surface area contributed by atoms with Crippen molar-refractivity contribution in [3.63, 3.8) is 0 Å². The first kappa shape index (κ1) is 8.52. The van der Waals surface area contributed by atoms with Gasteiger partial charge in [0.25, 0.3) is 0 Å². The van der Waals surface area contributed by atoms with Crippen LogP contribution in [0, 0.1) is 17.8 Å². The SMILES string of the molecule is C[C@@H]1CC[C@@H]2[C@@H](C1)OC(O)[C@@H]2C. The highest BCUT2D eigenvalue weighted by atomic mass is 16.6. The zero-order chi connectivity index (χ0) is 8.72. The lowest BCUT2D eigenvalue weighted by Gasteiger charge is -2.29. The molecular formula is C10H18O2. The van der Waals surface area contributed by atoms with Crippen LogP contribution in [-0.2, 0) is 4.74 Å². The van der Waals surface area contributed by atoms with Crippen LogP contribution < -0.4 is 0 Å². The molecule has 2 rings (SSSR count). The van der Waals surface area contributed by atoms with Gasteiger partial charge in [0.15, 0.2) is 6.29 Å². The van der Waals surface area contributed by atoms with Crippen molar-refractivity contribution in [3.8, 4) is 0 Å². The standard InChI is InChI=1S/C10H18O2/c1-6-3-4-8-7(2)10(11)12-9(8)5-6/h6-11H,3-5H2,1-2H3/t6-,7-,8+,9-,10?/m1/s1. The Morgan fingerprint density at radius 2 is 2.00 bits per heavy atom. The summed E-state index contributed by atoms with van der Waals surface area (Å²) < 4.78 is 5.50. The van der Waals surface area contributed by atoms with Crippen molar-refractivity contribution in [2.75, 3.05) is 0 Å². The fourth-order valence-corrected chi connectivity index (χ4v) is 2.62. The van der Waals surface area contributed by atoms with Crippen LogP contribution in [0.1, 0.15) is 33.1 Å². The number of hydrogen-bond donors (Lipinski definition) is 1. The smallest absolute Gasteiger partial charge is 0.157 e. The third-order valence-corrected chi connectivity index (χ3v) is 3.54. The van der Waals surface area contributed by atoms with Gasteiger partial charge in [-0.1, -0.05) is 20.3 Å². The van der Waals surface area contributed by atoms with Gasteiger partial charge in [-0.2, -0.15) is 0 Å². The summed E-state index contributed by atoms with van der Waals surface area (Å²) in [4.78, 5) is 0. The van der Waals surface area contributed by atoms with Crippen LogP contribution in [-0.4, -0.2) is 17.5 Å². The zero-order valence-corrected chi connectivity index (χ0v) is 7.86. The van der Waals surface area contributed by atoms with Gasteiger partial charge < -0.3 is 9.84 Å². The third kappa shape index (κ3) is 1.27. The monoisotopic (exact) mass is 170 g/mol. The highest BCUT2D eigenvalue weighted by Crippen LogP contribution is 2.42. The Morgan fingerprint density at radius 1 is 1.25 bits per heavy atom. The van der Waals surface area contributed by atoms with E-state index in [2.05, 4.69) is 13.8 Å². The van der Waals surface area contributed by atoms with E-state index >= 15 is 0 Å². The van der Waals surface area contributed by atoms with Gasteiger partial charge in [-0.05, 0) is 24.7 Å². The van der Waals surface area contributed by atoms with Crippen molar-refractivity contribution in [1.29, 1.82) is 0 Å². The lowest BCUT2D eigenvalue weighted by Crippen LogP contribution is -2.27. The van der Waals surface area contributed by atoms with Crippen LogP contribution in [0.3, 0.4) is 0 Å². The lowest BCUT2D eigenvalue weighted by molar-refractivity contribution is -0.111. The van der Waals surface area contributed by atoms with E-state index in [1.165, 1.54) is 12.8 Å². The molecule has 0 bridgehead atoms. The molecule has 2 nitrogen and oxygen atoms in total. The van der Waals surface area contributed by atoms with Crippen molar-refractivity contribution < 1.29 is 9.84 Å². The number of fused-ring (bicyclic) bond motifs is 1. The highest BCUT2D eigenvalue weighted by Gasteiger charge is 2.43. The van der Waals surface area contributed by atoms with Crippen LogP contribution in [0.2, 0.25) is 0 Å². The molecule has 1 aliphatic carbocycles. The Hall–Kier alpha value is -0.0800. The topological polar surface area (TPSA) is 29.5 Å². The average molecular weight is 170 g/mol. The first-order valence-corrected chi connectivity index (χ1v) is 5.02. The Kier molecular flexibility index (Phi) is 2.13. The first-order chi connectivity index (χ1) is 5.68. The molecule has 2 fully saturated rings. The molecular weight excluding hydrogens is 152 g/mol. The molecule has 70 valence electrons. The molecule has 1 saturated carbocycles. The second-order valence-electron chi connectivity index (χ2n) is 4.51. The van der Waals surface area contributed by atoms with Gasteiger partial charge in [0.05, 0.1) is 6.10 Å². The zero-order valence-electron chi connectivity index (χ0n) is 7.86. The van der Waals surface area contributed by atoms with Crippen molar-refractivity contribution in [3.05, 3.63) is 0 Å². The molecule has 0 amide bonds. The quantitative estimate of drug-likeness (QED) is 0.600. The van der Waals surface area contributed by atoms with Crippen LogP contribution in [0.4, 0.5) is 0 Å². The minimum Gasteiger partial charge on any atom is -0.368 e. The van der Waals surface area contributed by atoms with Crippen molar-refractivity contribution in [1.82, 2.24) is 0 Å². The van der Waals surface area contributed by atoms with Gasteiger partial charge >= 0.3 is 0 Å². The second kappa shape index (κ2) is 3.00. The summed E-state index contributed by atoms with van der Waals surface area (Å²) >= 11 is 0. The van der Waals surface area contributed by atoms with Crippen LogP contribution in [0.15, 0.2) is 0 Å². The molecule has 2 aliphatic rings. The number of rotatable bonds is 0. The molecule has 1 heterocycles. The summed E-state index contributed by atoms with van der Waals surface area (Å²) in [7, 11) is 0. The molecule has 0 aromatic rings. The minimum atomic E-state index is -0.495. The molecule has 2 heteroatoms. The van der Waals surface area contributed by atoms with Crippen molar-refractivity contribution >= 4 is 0 Å². The molecule has 5 atom stereocenters. The Bertz CT molecular complexity index is 167. The molecule has 1 N–H and O–H groups in total. The molecule has 0 aromatic carbocycles. The second-order valence-corrected chi connectivity index (χ2v) is 4.51. The Labute approximate surface area is 73.9 Å². The van der Waals surface area contributed by atoms with Crippen LogP contribution >= 0.6 is 0 Å². The molecule has 1 aliphatic heterocycles. The fraction of sp³-hybridized carbons (Fsp3) is 1.00. The van der Waals surface area contributed by atoms with E-state index in [4.69, 9.17) is 4.74 Å². The molecule has 0 aromatic heterocycles. The Morgan fingerprint density at radius 3 is 2.75 bits per heavy atom. The number of aliphatic hydroxyl groups excluding tert-OH is 1. The van der Waals surface area contributed by atoms with Crippen LogP contribution in [0.25, 0.3) is 0 Å². The normalized spacial score (nSPS) is 53.8. The van der Waals surface area contributed by atoms with E-state index in [0.717, 1.165) is 12.3 Å². The maximum absolute atomic E-state index is 9.49. The maximum Gasteiger partial charge on any atom is 0.157 e. The first-order valence-electron chi connectivity index (χ1n) is 5.02. The molecule has 0 radical (unpaired) electrons. The van der Waals surface area contributed by atoms with E-state index in [0.29, 0.717) is 17.9 Å². The minimum absolute atomic E-state index is 0.346. The number of hydrogen-bond acceptors (Lipinski definition) is 2. The van der Waals surface area contributed by atoms with Crippen LogP contribution in [0.5, 0.6) is 0 Å². The van der Waals surface area contributed by atoms with Gasteiger partial charge in [0, 0.05) is 5.92 Å². The van der Waals surface area contributed by atoms with E-state index in [9.17, 15) is 5.11 Å². The maximum atomic E-state index is 9.49. The number of aliphatic hydroxyl groups is 1. The third-order valence-electron chi connectivity index (χ3n) is 3.54. The summed E-state index contributed by atoms with van der Waals surface area (Å²) in [6.07, 6.45) is 3.54. The summed E-state index contributed by atoms with van der Waals surface area (Å²) in [5.41, 5.74) is 0. The van der Waals surface area contributed by atoms with Gasteiger partial charge in [0.2, 0.25) is 0 Å². The van der Waals surface area contributed by atoms with Crippen molar-refractivity contribution in [2.24, 2.45) is 17.8 Å². The molecule has 12 heavy (non-hydrogen) atoms. The Balaban J connectivity index is 2.04. The van der Waals surface area contributed by atoms with Gasteiger partial charge in [-0.15, -0.1) is 0 Å². The summed E-state index contributed by atoms with van der Waals surface area (Å²) in [6.45, 7) is 4.38. The van der Waals surface area contributed by atoms with E-state index in [-0.39, 0.29) is 0 Å². The summed E-state index contributed by atoms with van der Waals surface area (Å²) in [6, 6.07) is 0. The molecule has 1 unspecified atom stereocenters. The van der Waals surface area contributed by atoms with Gasteiger partial charge in [-0.25, -0.2) is 0 Å². The molecule has 0 spiro atoms. The number of ether oxygens (including phenoxy) is 1. The van der Waals surface area contributed by atoms with Gasteiger partial charge in [-0.3, -0.25) is 0 Å². The van der Waals surface area contributed by atoms with E-state index in [1.807, 2.05) is 0 Å². The van der Waals surface area contributed by atoms with E-state index < -0.39 is 6.29 Å². The van der Waals surface area contributed by atoms with Crippen molar-refractivity contribution in [2.45, 2.75) is 45.5 Å². The largest absolute Gasteiger partial charge is 0.368 e. The predicted molar refractivity (Wildman–Crippen MR) is 46.5 cm³/mol. The van der Waals surface area contributed by atoms with E-state index in [1.54, 1.807) is 0 Å². The lowest BCUT2D eigenvalue weighted by atomic mass is 9.77. The van der Waals surface area contributed by atoms with Gasteiger partial charge in [0.1, 0.15) is 0 Å².